The number of carbonyl (C=O) groups excluding carboxylic acids is 2. The fourth-order valence-electron chi connectivity index (χ4n) is 3.01. The Labute approximate surface area is 159 Å². The molecule has 2 amide bonds. The Morgan fingerprint density at radius 1 is 1.43 bits per heavy atom. The Hall–Kier alpha value is -2.36. The number of primary amides is 1. The molecule has 2 atom stereocenters. The van der Waals surface area contributed by atoms with Crippen molar-refractivity contribution in [1.82, 2.24) is 10.3 Å². The van der Waals surface area contributed by atoms with Crippen LogP contribution in [-0.2, 0) is 9.53 Å². The molecule has 154 valence electrons. The number of ether oxygens (including phenoxy) is 2. The standard InChI is InChI=1S/C18H22F3N3O4/c1-17(7-27-8-17)13(14(22)25)24-15(26)11-5-12(28-18(2,21)16(19)20)10(6-23-11)9-3-4-9/h5-6,9,13,16H,3-4,7-8H2,1-2H3,(H2,22,25)(H,24,26)/t13?,18-/m1/s1. The molecule has 0 radical (unpaired) electrons. The third-order valence-corrected chi connectivity index (χ3v) is 4.96. The van der Waals surface area contributed by atoms with Gasteiger partial charge in [-0.2, -0.15) is 4.39 Å². The van der Waals surface area contributed by atoms with Crippen molar-refractivity contribution in [2.45, 2.75) is 50.9 Å². The van der Waals surface area contributed by atoms with Crippen LogP contribution in [0.5, 0.6) is 5.75 Å². The summed E-state index contributed by atoms with van der Waals surface area (Å²) in [6.07, 6.45) is -0.466. The number of nitrogens with two attached hydrogens (primary N) is 1. The van der Waals surface area contributed by atoms with Gasteiger partial charge in [0.2, 0.25) is 5.91 Å². The molecule has 1 saturated carbocycles. The molecule has 0 aromatic carbocycles. The second kappa shape index (κ2) is 7.23. The van der Waals surface area contributed by atoms with Crippen LogP contribution < -0.4 is 15.8 Å². The van der Waals surface area contributed by atoms with Gasteiger partial charge in [-0.3, -0.25) is 14.6 Å². The molecular weight excluding hydrogens is 379 g/mol. The van der Waals surface area contributed by atoms with Gasteiger partial charge in [0.25, 0.3) is 5.91 Å². The number of alkyl halides is 3. The predicted octanol–water partition coefficient (Wildman–Crippen LogP) is 1.91. The van der Waals surface area contributed by atoms with E-state index in [2.05, 4.69) is 10.3 Å². The number of halogens is 3. The first-order chi connectivity index (χ1) is 13.0. The van der Waals surface area contributed by atoms with Crippen molar-refractivity contribution in [2.75, 3.05) is 13.2 Å². The van der Waals surface area contributed by atoms with Gasteiger partial charge in [0.15, 0.2) is 0 Å². The summed E-state index contributed by atoms with van der Waals surface area (Å²) in [4.78, 5) is 28.4. The van der Waals surface area contributed by atoms with Crippen molar-refractivity contribution in [2.24, 2.45) is 11.1 Å². The summed E-state index contributed by atoms with van der Waals surface area (Å²) in [5, 5.41) is 2.50. The number of pyridine rings is 1. The fraction of sp³-hybridized carbons (Fsp3) is 0.611. The van der Waals surface area contributed by atoms with Crippen LogP contribution in [-0.4, -0.2) is 48.3 Å². The van der Waals surface area contributed by atoms with Crippen molar-refractivity contribution in [3.63, 3.8) is 0 Å². The summed E-state index contributed by atoms with van der Waals surface area (Å²) in [6, 6.07) is 0.108. The maximum Gasteiger partial charge on any atom is 0.306 e. The van der Waals surface area contributed by atoms with E-state index in [9.17, 15) is 22.8 Å². The summed E-state index contributed by atoms with van der Waals surface area (Å²) in [7, 11) is 0. The van der Waals surface area contributed by atoms with E-state index >= 15 is 0 Å². The topological polar surface area (TPSA) is 104 Å². The highest BCUT2D eigenvalue weighted by atomic mass is 19.3. The molecule has 0 spiro atoms. The van der Waals surface area contributed by atoms with Gasteiger partial charge >= 0.3 is 12.3 Å². The maximum absolute atomic E-state index is 14.1. The maximum atomic E-state index is 14.1. The normalized spacial score (nSPS) is 21.4. The summed E-state index contributed by atoms with van der Waals surface area (Å²) >= 11 is 0. The van der Waals surface area contributed by atoms with Crippen LogP contribution >= 0.6 is 0 Å². The highest BCUT2D eigenvalue weighted by Gasteiger charge is 2.45. The highest BCUT2D eigenvalue weighted by Crippen LogP contribution is 2.45. The summed E-state index contributed by atoms with van der Waals surface area (Å²) in [6.45, 7) is 2.85. The molecule has 3 rings (SSSR count). The number of nitrogens with zero attached hydrogens (tertiary/aromatic N) is 1. The number of aromatic nitrogens is 1. The molecule has 2 fully saturated rings. The van der Waals surface area contributed by atoms with Gasteiger partial charge in [-0.15, -0.1) is 0 Å². The molecule has 1 aromatic heterocycles. The second-order valence-electron chi connectivity index (χ2n) is 7.73. The van der Waals surface area contributed by atoms with Gasteiger partial charge in [-0.1, -0.05) is 6.92 Å². The van der Waals surface area contributed by atoms with Gasteiger partial charge in [0, 0.05) is 30.2 Å². The summed E-state index contributed by atoms with van der Waals surface area (Å²) < 4.78 is 49.8. The Balaban J connectivity index is 1.84. The molecule has 2 aliphatic rings. The molecule has 7 nitrogen and oxygen atoms in total. The largest absolute Gasteiger partial charge is 0.452 e. The molecule has 2 heterocycles. The first-order valence-corrected chi connectivity index (χ1v) is 8.87. The highest BCUT2D eigenvalue weighted by molar-refractivity contribution is 5.96. The fourth-order valence-corrected chi connectivity index (χ4v) is 3.01. The van der Waals surface area contributed by atoms with Crippen LogP contribution in [0, 0.1) is 5.41 Å². The molecule has 10 heteroatoms. The van der Waals surface area contributed by atoms with Gasteiger partial charge in [0.1, 0.15) is 17.5 Å². The van der Waals surface area contributed by atoms with E-state index in [0.29, 0.717) is 12.5 Å². The smallest absolute Gasteiger partial charge is 0.306 e. The lowest BCUT2D eigenvalue weighted by Gasteiger charge is -2.42. The third kappa shape index (κ3) is 4.06. The van der Waals surface area contributed by atoms with Crippen LogP contribution in [0.25, 0.3) is 0 Å². The van der Waals surface area contributed by atoms with E-state index in [1.165, 1.54) is 6.20 Å². The molecule has 3 N–H and O–H groups in total. The molecule has 28 heavy (non-hydrogen) atoms. The van der Waals surface area contributed by atoms with Gasteiger partial charge < -0.3 is 20.5 Å². The van der Waals surface area contributed by atoms with Gasteiger partial charge in [-0.05, 0) is 18.8 Å². The number of carbonyl (C=O) groups is 2. The van der Waals surface area contributed by atoms with Crippen molar-refractivity contribution in [3.8, 4) is 5.75 Å². The average molecular weight is 401 g/mol. The van der Waals surface area contributed by atoms with E-state index in [0.717, 1.165) is 18.9 Å². The Morgan fingerprint density at radius 3 is 2.54 bits per heavy atom. The number of hydrogen-bond donors (Lipinski definition) is 2. The van der Waals surface area contributed by atoms with Crippen LogP contribution in [0.4, 0.5) is 13.2 Å². The number of rotatable bonds is 8. The van der Waals surface area contributed by atoms with Crippen molar-refractivity contribution in [3.05, 3.63) is 23.5 Å². The minimum absolute atomic E-state index is 0.0255. The molecule has 1 unspecified atom stereocenters. The van der Waals surface area contributed by atoms with Crippen LogP contribution in [0.2, 0.25) is 0 Å². The average Bonchev–Trinajstić information content (AvgIpc) is 3.41. The van der Waals surface area contributed by atoms with E-state index < -0.39 is 35.6 Å². The summed E-state index contributed by atoms with van der Waals surface area (Å²) in [5.74, 6) is -4.84. The van der Waals surface area contributed by atoms with Crippen LogP contribution in [0.15, 0.2) is 12.3 Å². The Morgan fingerprint density at radius 2 is 2.07 bits per heavy atom. The first kappa shape index (κ1) is 20.4. The number of hydrogen-bond acceptors (Lipinski definition) is 5. The minimum Gasteiger partial charge on any atom is -0.452 e. The first-order valence-electron chi connectivity index (χ1n) is 8.87. The molecule has 1 aromatic rings. The lowest BCUT2D eigenvalue weighted by Crippen LogP contribution is -2.61. The van der Waals surface area contributed by atoms with E-state index in [1.807, 2.05) is 0 Å². The molecule has 0 bridgehead atoms. The van der Waals surface area contributed by atoms with Gasteiger partial charge in [0.05, 0.1) is 13.2 Å². The molecule has 1 aliphatic carbocycles. The number of nitrogens with one attached hydrogen (secondary N) is 1. The monoisotopic (exact) mass is 401 g/mol. The zero-order chi connectivity index (χ0) is 20.7. The zero-order valence-corrected chi connectivity index (χ0v) is 15.5. The molecule has 1 saturated heterocycles. The van der Waals surface area contributed by atoms with Crippen molar-refractivity contribution < 1.29 is 32.2 Å². The SMILES string of the molecule is CC1(C(NC(=O)c2cc(O[C@@](C)(F)C(F)F)c(C3CC3)cn2)C(N)=O)COC1. The van der Waals surface area contributed by atoms with Crippen molar-refractivity contribution >= 4 is 11.8 Å². The van der Waals surface area contributed by atoms with Crippen LogP contribution in [0.3, 0.4) is 0 Å². The van der Waals surface area contributed by atoms with Gasteiger partial charge in [-0.25, -0.2) is 8.78 Å². The quantitative estimate of drug-likeness (QED) is 0.693. The number of amides is 2. The third-order valence-electron chi connectivity index (χ3n) is 4.96. The zero-order valence-electron chi connectivity index (χ0n) is 15.5. The molecular formula is C18H22F3N3O4. The van der Waals surface area contributed by atoms with E-state index in [1.54, 1.807) is 6.92 Å². The predicted molar refractivity (Wildman–Crippen MR) is 91.7 cm³/mol. The lowest BCUT2D eigenvalue weighted by atomic mass is 9.80. The summed E-state index contributed by atoms with van der Waals surface area (Å²) in [5.41, 5.74) is 5.01. The second-order valence-corrected chi connectivity index (χ2v) is 7.73. The Kier molecular flexibility index (Phi) is 5.26. The van der Waals surface area contributed by atoms with Crippen LogP contribution in [0.1, 0.15) is 48.7 Å². The van der Waals surface area contributed by atoms with Crippen molar-refractivity contribution in [1.29, 1.82) is 0 Å². The molecule has 1 aliphatic heterocycles. The van der Waals surface area contributed by atoms with E-state index in [4.69, 9.17) is 15.2 Å². The minimum atomic E-state index is -3.37. The lowest BCUT2D eigenvalue weighted by molar-refractivity contribution is -0.153. The van der Waals surface area contributed by atoms with E-state index in [-0.39, 0.29) is 30.6 Å². The Bertz CT molecular complexity index is 779.